The van der Waals surface area contributed by atoms with Crippen LogP contribution in [0.25, 0.3) is 0 Å². The Labute approximate surface area is 154 Å². The molecule has 2 atom stereocenters. The smallest absolute Gasteiger partial charge is 0.0467 e. The number of hydrogen-bond acceptors (Lipinski definition) is 0. The van der Waals surface area contributed by atoms with Gasteiger partial charge < -0.3 is 0 Å². The van der Waals surface area contributed by atoms with E-state index in [1.807, 2.05) is 25.2 Å². The Morgan fingerprint density at radius 1 is 1.24 bits per heavy atom. The minimum atomic E-state index is -0.451. The van der Waals surface area contributed by atoms with Gasteiger partial charge in [0.15, 0.2) is 0 Å². The van der Waals surface area contributed by atoms with Gasteiger partial charge in [-0.25, -0.2) is 0 Å². The van der Waals surface area contributed by atoms with Crippen LogP contribution in [0.5, 0.6) is 0 Å². The van der Waals surface area contributed by atoms with Crippen LogP contribution in [0.1, 0.15) is 33.6 Å². The first-order valence-corrected chi connectivity index (χ1v) is 8.90. The minimum absolute atomic E-state index is 0.451. The van der Waals surface area contributed by atoms with Crippen molar-refractivity contribution in [3.05, 3.63) is 109 Å². The molecule has 132 valence electrons. The fourth-order valence-electron chi connectivity index (χ4n) is 3.13. The molecule has 0 heterocycles. The molecule has 1 rings (SSSR count). The molecular weight excluding hydrogens is 300 g/mol. The van der Waals surface area contributed by atoms with E-state index in [0.29, 0.717) is 12.3 Å². The van der Waals surface area contributed by atoms with Gasteiger partial charge >= 0.3 is 0 Å². The van der Waals surface area contributed by atoms with Gasteiger partial charge in [-0.15, -0.1) is 6.58 Å². The number of allylic oxidation sites excluding steroid dienone is 14. The molecular formula is C25H32. The van der Waals surface area contributed by atoms with E-state index in [1.165, 1.54) is 5.57 Å². The Kier molecular flexibility index (Phi) is 8.15. The maximum atomic E-state index is 4.39. The van der Waals surface area contributed by atoms with Crippen LogP contribution in [0, 0.1) is 11.3 Å². The van der Waals surface area contributed by atoms with Gasteiger partial charge in [0.2, 0.25) is 0 Å². The molecule has 0 N–H and O–H groups in total. The van der Waals surface area contributed by atoms with E-state index in [2.05, 4.69) is 82.7 Å². The standard InChI is InChI=1S/C25H32/c1-8-13-22(5)25(18-9-2)23(6)17-11-10-14-20(3)15-12-16-21(4)19-24(25)7/h8-14,16-17,19-20H,2,5-7,15,18H2,1,3-4H3/b13-8-,14-10-,16-12-,17-11-,21-19-. The molecule has 0 aromatic heterocycles. The zero-order valence-corrected chi connectivity index (χ0v) is 16.1. The molecule has 0 bridgehead atoms. The fraction of sp³-hybridized carbons (Fsp3) is 0.280. The second kappa shape index (κ2) is 9.84. The predicted molar refractivity (Wildman–Crippen MR) is 114 cm³/mol. The Morgan fingerprint density at radius 2 is 1.96 bits per heavy atom. The lowest BCUT2D eigenvalue weighted by atomic mass is 9.66. The molecule has 0 nitrogen and oxygen atoms in total. The third-order valence-corrected chi connectivity index (χ3v) is 4.60. The van der Waals surface area contributed by atoms with E-state index in [-0.39, 0.29) is 0 Å². The Hall–Kier alpha value is -2.34. The Bertz CT molecular complexity index is 673. The summed E-state index contributed by atoms with van der Waals surface area (Å²) in [5, 5.41) is 0. The van der Waals surface area contributed by atoms with Crippen LogP contribution in [0.2, 0.25) is 0 Å². The molecule has 0 fully saturated rings. The molecule has 0 radical (unpaired) electrons. The van der Waals surface area contributed by atoms with Crippen molar-refractivity contribution in [2.24, 2.45) is 11.3 Å². The van der Waals surface area contributed by atoms with Gasteiger partial charge in [0.05, 0.1) is 0 Å². The third-order valence-electron chi connectivity index (χ3n) is 4.60. The van der Waals surface area contributed by atoms with Gasteiger partial charge in [0.1, 0.15) is 0 Å². The number of hydrogen-bond donors (Lipinski definition) is 0. The molecule has 25 heavy (non-hydrogen) atoms. The molecule has 0 saturated heterocycles. The highest BCUT2D eigenvalue weighted by molar-refractivity contribution is 5.52. The summed E-state index contributed by atoms with van der Waals surface area (Å²) in [4.78, 5) is 0. The first-order valence-electron chi connectivity index (χ1n) is 8.90. The lowest BCUT2D eigenvalue weighted by Crippen LogP contribution is -2.25. The summed E-state index contributed by atoms with van der Waals surface area (Å²) in [7, 11) is 0. The van der Waals surface area contributed by atoms with E-state index in [1.54, 1.807) is 0 Å². The van der Waals surface area contributed by atoms with E-state index in [4.69, 9.17) is 0 Å². The van der Waals surface area contributed by atoms with Crippen LogP contribution in [0.4, 0.5) is 0 Å². The summed E-state index contributed by atoms with van der Waals surface area (Å²) in [5.41, 5.74) is 3.68. The highest BCUT2D eigenvalue weighted by Gasteiger charge is 2.35. The van der Waals surface area contributed by atoms with Crippen molar-refractivity contribution >= 4 is 0 Å². The van der Waals surface area contributed by atoms with Crippen molar-refractivity contribution in [3.63, 3.8) is 0 Å². The maximum Gasteiger partial charge on any atom is 0.0467 e. The summed E-state index contributed by atoms with van der Waals surface area (Å²) in [5.74, 6) is 0.502. The molecule has 1 aliphatic carbocycles. The van der Waals surface area contributed by atoms with Gasteiger partial charge in [-0.3, -0.25) is 0 Å². The van der Waals surface area contributed by atoms with Crippen molar-refractivity contribution < 1.29 is 0 Å². The highest BCUT2D eigenvalue weighted by atomic mass is 14.4. The van der Waals surface area contributed by atoms with Crippen LogP contribution < -0.4 is 0 Å². The lowest BCUT2D eigenvalue weighted by molar-refractivity contribution is 0.562. The molecule has 2 unspecified atom stereocenters. The van der Waals surface area contributed by atoms with Gasteiger partial charge in [-0.05, 0) is 49.3 Å². The van der Waals surface area contributed by atoms with Crippen LogP contribution >= 0.6 is 0 Å². The van der Waals surface area contributed by atoms with Gasteiger partial charge in [-0.2, -0.15) is 0 Å². The molecule has 0 amide bonds. The van der Waals surface area contributed by atoms with Crippen molar-refractivity contribution in [1.82, 2.24) is 0 Å². The summed E-state index contributed by atoms with van der Waals surface area (Å²) in [6.45, 7) is 23.4. The Balaban J connectivity index is 3.56. The summed E-state index contributed by atoms with van der Waals surface area (Å²) >= 11 is 0. The van der Waals surface area contributed by atoms with Crippen LogP contribution in [-0.4, -0.2) is 0 Å². The third kappa shape index (κ3) is 5.32. The number of rotatable bonds is 4. The van der Waals surface area contributed by atoms with E-state index in [0.717, 1.165) is 23.1 Å². The van der Waals surface area contributed by atoms with Crippen LogP contribution in [-0.2, 0) is 0 Å². The zero-order chi connectivity index (χ0) is 18.9. The minimum Gasteiger partial charge on any atom is -0.103 e. The van der Waals surface area contributed by atoms with E-state index >= 15 is 0 Å². The second-order valence-corrected chi connectivity index (χ2v) is 6.72. The first kappa shape index (κ1) is 20.7. The highest BCUT2D eigenvalue weighted by Crippen LogP contribution is 2.46. The average molecular weight is 333 g/mol. The maximum absolute atomic E-state index is 4.39. The molecule has 0 heteroatoms. The second-order valence-electron chi connectivity index (χ2n) is 6.72. The SMILES string of the molecule is C=CCC1(C(=C)/C=C\C)C(=C)/C=C\C=C/C(C)C/C=C\C(C)=C/C1=C. The predicted octanol–water partition coefficient (Wildman–Crippen LogP) is 7.45. The van der Waals surface area contributed by atoms with Crippen LogP contribution in [0.15, 0.2) is 109 Å². The largest absolute Gasteiger partial charge is 0.103 e. The van der Waals surface area contributed by atoms with E-state index < -0.39 is 5.41 Å². The van der Waals surface area contributed by atoms with Crippen LogP contribution in [0.3, 0.4) is 0 Å². The monoisotopic (exact) mass is 332 g/mol. The van der Waals surface area contributed by atoms with Crippen molar-refractivity contribution in [2.75, 3.05) is 0 Å². The molecule has 0 aromatic carbocycles. The Morgan fingerprint density at radius 3 is 2.60 bits per heavy atom. The lowest BCUT2D eigenvalue weighted by Gasteiger charge is -2.36. The summed E-state index contributed by atoms with van der Waals surface area (Å²) < 4.78 is 0. The van der Waals surface area contributed by atoms with E-state index in [9.17, 15) is 0 Å². The van der Waals surface area contributed by atoms with Crippen molar-refractivity contribution in [1.29, 1.82) is 0 Å². The summed E-state index contributed by atoms with van der Waals surface area (Å²) in [6, 6.07) is 0. The summed E-state index contributed by atoms with van der Waals surface area (Å²) in [6.07, 6.45) is 22.7. The average Bonchev–Trinajstić information content (AvgIpc) is 2.56. The van der Waals surface area contributed by atoms with Crippen molar-refractivity contribution in [2.45, 2.75) is 33.6 Å². The van der Waals surface area contributed by atoms with Gasteiger partial charge in [0, 0.05) is 5.41 Å². The molecule has 0 spiro atoms. The van der Waals surface area contributed by atoms with Gasteiger partial charge in [-0.1, -0.05) is 93.0 Å². The molecule has 0 aromatic rings. The normalized spacial score (nSPS) is 31.2. The quantitative estimate of drug-likeness (QED) is 0.370. The molecule has 0 aliphatic heterocycles. The fourth-order valence-corrected chi connectivity index (χ4v) is 3.13. The topological polar surface area (TPSA) is 0 Å². The first-order chi connectivity index (χ1) is 11.9. The van der Waals surface area contributed by atoms with Crippen molar-refractivity contribution in [3.8, 4) is 0 Å². The molecule has 0 saturated carbocycles. The van der Waals surface area contributed by atoms with Gasteiger partial charge in [0.25, 0.3) is 0 Å². The molecule has 1 aliphatic rings. The zero-order valence-electron chi connectivity index (χ0n) is 16.1.